The van der Waals surface area contributed by atoms with E-state index in [2.05, 4.69) is 0 Å². The summed E-state index contributed by atoms with van der Waals surface area (Å²) in [4.78, 5) is 0. The summed E-state index contributed by atoms with van der Waals surface area (Å²) in [7, 11) is 0. The fourth-order valence-electron chi connectivity index (χ4n) is 3.98. The first-order valence-electron chi connectivity index (χ1n) is 9.83. The number of benzene rings is 4. The molecular formula is C22AlF17. The minimum Gasteiger partial charge on any atom is -0.205 e. The highest BCUT2D eigenvalue weighted by atomic mass is 27.2. The predicted octanol–water partition coefficient (Wildman–Crippen LogP) is 5.72. The lowest BCUT2D eigenvalue weighted by Crippen LogP contribution is -2.59. The summed E-state index contributed by atoms with van der Waals surface area (Å²) in [5, 5.41) is -4.90. The van der Waals surface area contributed by atoms with Crippen LogP contribution in [0.3, 0.4) is 0 Å². The van der Waals surface area contributed by atoms with Crippen LogP contribution in [-0.2, 0) is 0 Å². The maximum absolute atomic E-state index is 15.1. The third kappa shape index (κ3) is 3.83. The quantitative estimate of drug-likeness (QED) is 0.120. The van der Waals surface area contributed by atoms with Gasteiger partial charge in [0.25, 0.3) is 0 Å². The van der Waals surface area contributed by atoms with Crippen LogP contribution in [-0.4, -0.2) is 14.1 Å². The number of hydrogen-bond donors (Lipinski definition) is 0. The Labute approximate surface area is 212 Å². The lowest BCUT2D eigenvalue weighted by atomic mass is 10.1. The van der Waals surface area contributed by atoms with Gasteiger partial charge >= 0.3 is 14.1 Å². The molecule has 40 heavy (non-hydrogen) atoms. The number of fused-ring (bicyclic) bond motifs is 1. The first-order valence-corrected chi connectivity index (χ1v) is 11.6. The second-order valence-corrected chi connectivity index (χ2v) is 10.4. The highest BCUT2D eigenvalue weighted by Gasteiger charge is 2.47. The monoisotopic (exact) mass is 614 g/mol. The first-order chi connectivity index (χ1) is 18.5. The second-order valence-electron chi connectivity index (χ2n) is 7.76. The van der Waals surface area contributed by atoms with Gasteiger partial charge in [-0.3, -0.25) is 0 Å². The maximum atomic E-state index is 15.1. The molecule has 4 aromatic carbocycles. The van der Waals surface area contributed by atoms with Crippen molar-refractivity contribution in [1.82, 2.24) is 0 Å². The van der Waals surface area contributed by atoms with Gasteiger partial charge in [-0.05, 0) is 8.85 Å². The van der Waals surface area contributed by atoms with Crippen LogP contribution in [0.15, 0.2) is 0 Å². The van der Waals surface area contributed by atoms with E-state index in [-0.39, 0.29) is 0 Å². The summed E-state index contributed by atoms with van der Waals surface area (Å²) < 4.78 is 236. The van der Waals surface area contributed by atoms with E-state index >= 15 is 4.39 Å². The van der Waals surface area contributed by atoms with E-state index in [9.17, 15) is 70.2 Å². The van der Waals surface area contributed by atoms with Crippen LogP contribution < -0.4 is 13.3 Å². The maximum Gasteiger partial charge on any atom is 0.409 e. The molecule has 0 unspecified atom stereocenters. The zero-order chi connectivity index (χ0) is 30.3. The van der Waals surface area contributed by atoms with Gasteiger partial charge in [-0.15, -0.1) is 0 Å². The molecule has 0 heterocycles. The lowest BCUT2D eigenvalue weighted by molar-refractivity contribution is 0.382. The minimum absolute atomic E-state index is 2.45. The van der Waals surface area contributed by atoms with Crippen molar-refractivity contribution < 1.29 is 74.6 Å². The summed E-state index contributed by atoms with van der Waals surface area (Å²) in [6.07, 6.45) is 0. The molecule has 210 valence electrons. The van der Waals surface area contributed by atoms with Crippen LogP contribution in [0.1, 0.15) is 0 Å². The summed E-state index contributed by atoms with van der Waals surface area (Å²) in [6, 6.07) is 0. The Morgan fingerprint density at radius 1 is 0.200 bits per heavy atom. The smallest absolute Gasteiger partial charge is 0.205 e. The van der Waals surface area contributed by atoms with Gasteiger partial charge in [0.05, 0.1) is 5.39 Å². The highest BCUT2D eigenvalue weighted by Crippen LogP contribution is 2.32. The molecule has 0 fully saturated rings. The second kappa shape index (κ2) is 9.84. The van der Waals surface area contributed by atoms with Crippen LogP contribution in [0.2, 0.25) is 0 Å². The van der Waals surface area contributed by atoms with E-state index in [4.69, 9.17) is 0 Å². The van der Waals surface area contributed by atoms with Crippen LogP contribution in [0.25, 0.3) is 10.8 Å². The lowest BCUT2D eigenvalue weighted by Gasteiger charge is -2.22. The van der Waals surface area contributed by atoms with Crippen LogP contribution >= 0.6 is 0 Å². The van der Waals surface area contributed by atoms with Gasteiger partial charge in [0, 0.05) is 5.39 Å². The highest BCUT2D eigenvalue weighted by molar-refractivity contribution is 6.97. The van der Waals surface area contributed by atoms with Gasteiger partial charge in [-0.2, -0.15) is 0 Å². The van der Waals surface area contributed by atoms with Crippen LogP contribution in [0.4, 0.5) is 74.6 Å². The summed E-state index contributed by atoms with van der Waals surface area (Å²) in [5.74, 6) is -51.5. The average molecular weight is 614 g/mol. The molecule has 0 aliphatic heterocycles. The van der Waals surface area contributed by atoms with Gasteiger partial charge < -0.3 is 0 Å². The SMILES string of the molecule is Fc1c(F)c(F)[c]([Al]([c]2c(F)c(F)c(F)c(F)c2F)[c]2c(F)c(F)c(F)c3c(F)c(F)c(F)c(F)c23)c(F)c1F. The summed E-state index contributed by atoms with van der Waals surface area (Å²) in [5.41, 5.74) is 0. The largest absolute Gasteiger partial charge is 0.409 e. The molecule has 0 aliphatic carbocycles. The normalized spacial score (nSPS) is 11.6. The van der Waals surface area contributed by atoms with Crippen LogP contribution in [0, 0.1) is 98.9 Å². The predicted molar refractivity (Wildman–Crippen MR) is 101 cm³/mol. The van der Waals surface area contributed by atoms with Crippen molar-refractivity contribution in [3.8, 4) is 0 Å². The molecule has 0 nitrogen and oxygen atoms in total. The molecule has 4 rings (SSSR count). The number of hydrogen-bond acceptors (Lipinski definition) is 0. The zero-order valence-electron chi connectivity index (χ0n) is 18.0. The molecular weight excluding hydrogens is 614 g/mol. The molecule has 18 heteroatoms. The van der Waals surface area contributed by atoms with Gasteiger partial charge in [0.2, 0.25) is 0 Å². The molecule has 0 amide bonds. The molecule has 0 aliphatic rings. The third-order valence-corrected chi connectivity index (χ3v) is 9.02. The Kier molecular flexibility index (Phi) is 7.25. The number of rotatable bonds is 3. The molecule has 0 bridgehead atoms. The molecule has 0 spiro atoms. The molecule has 4 aromatic rings. The van der Waals surface area contributed by atoms with Gasteiger partial charge in [0.1, 0.15) is 0 Å². The zero-order valence-corrected chi connectivity index (χ0v) is 19.2. The summed E-state index contributed by atoms with van der Waals surface area (Å²) >= 11 is -6.21. The van der Waals surface area contributed by atoms with Crippen molar-refractivity contribution in [1.29, 1.82) is 0 Å². The topological polar surface area (TPSA) is 0 Å². The standard InChI is InChI=1S/C10F7.2C6F5.Al/c11-3-1-2-4(7(14)6(3)13)8(15)10(17)9(16)5(2)12;2*7-2-1-3(8)5(10)6(11)4(2)9;. The van der Waals surface area contributed by atoms with Crippen molar-refractivity contribution in [2.24, 2.45) is 0 Å². The van der Waals surface area contributed by atoms with Crippen molar-refractivity contribution in [2.45, 2.75) is 0 Å². The van der Waals surface area contributed by atoms with Crippen molar-refractivity contribution >= 4 is 38.2 Å². The molecule has 0 radical (unpaired) electrons. The third-order valence-electron chi connectivity index (χ3n) is 5.73. The van der Waals surface area contributed by atoms with E-state index in [0.717, 1.165) is 0 Å². The molecule has 0 N–H and O–H groups in total. The van der Waals surface area contributed by atoms with E-state index in [1.165, 1.54) is 0 Å². The fraction of sp³-hybridized carbons (Fsp3) is 0. The first kappa shape index (κ1) is 29.5. The molecule has 0 saturated heterocycles. The Morgan fingerprint density at radius 2 is 0.400 bits per heavy atom. The Balaban J connectivity index is 2.44. The van der Waals surface area contributed by atoms with E-state index in [1.54, 1.807) is 0 Å². The Bertz CT molecular complexity index is 1650. The minimum atomic E-state index is -6.21. The fourth-order valence-corrected chi connectivity index (χ4v) is 7.31. The van der Waals surface area contributed by atoms with Crippen LogP contribution in [0.5, 0.6) is 0 Å². The average Bonchev–Trinajstić information content (AvgIpc) is 2.92. The van der Waals surface area contributed by atoms with Crippen molar-refractivity contribution in [3.05, 3.63) is 98.9 Å². The molecule has 0 saturated carbocycles. The van der Waals surface area contributed by atoms with E-state index in [0.29, 0.717) is 0 Å². The van der Waals surface area contributed by atoms with Gasteiger partial charge in [0.15, 0.2) is 98.9 Å². The molecule has 0 atom stereocenters. The van der Waals surface area contributed by atoms with Gasteiger partial charge in [-0.25, -0.2) is 74.6 Å². The van der Waals surface area contributed by atoms with Crippen molar-refractivity contribution in [2.75, 3.05) is 0 Å². The Hall–Kier alpha value is -3.52. The molecule has 0 aromatic heterocycles. The van der Waals surface area contributed by atoms with Crippen molar-refractivity contribution in [3.63, 3.8) is 0 Å². The van der Waals surface area contributed by atoms with E-state index < -0.39 is 137 Å². The van der Waals surface area contributed by atoms with E-state index in [1.807, 2.05) is 0 Å². The van der Waals surface area contributed by atoms with Gasteiger partial charge in [-0.1, -0.05) is 4.43 Å². The summed E-state index contributed by atoms with van der Waals surface area (Å²) in [6.45, 7) is 0. The Morgan fingerprint density at radius 3 is 0.725 bits per heavy atom. The number of halogens is 17.